The predicted octanol–water partition coefficient (Wildman–Crippen LogP) is 1.82. The van der Waals surface area contributed by atoms with Crippen molar-refractivity contribution in [1.29, 1.82) is 0 Å². The van der Waals surface area contributed by atoms with E-state index in [2.05, 4.69) is 16.7 Å². The van der Waals surface area contributed by atoms with Gasteiger partial charge in [-0.1, -0.05) is 6.07 Å². The molecule has 0 radical (unpaired) electrons. The molecule has 1 aromatic carbocycles. The van der Waals surface area contributed by atoms with Crippen LogP contribution in [0.2, 0.25) is 0 Å². The average molecular weight is 192 g/mol. The molecule has 0 bridgehead atoms. The number of rotatable bonds is 3. The predicted molar refractivity (Wildman–Crippen MR) is 57.6 cm³/mol. The smallest absolute Gasteiger partial charge is 0.120 e. The van der Waals surface area contributed by atoms with Crippen LogP contribution in [0.4, 0.5) is 5.69 Å². The fraction of sp³-hybridized carbons (Fsp3) is 0.455. The van der Waals surface area contributed by atoms with Gasteiger partial charge in [0.15, 0.2) is 0 Å². The largest absolute Gasteiger partial charge is 0.497 e. The van der Waals surface area contributed by atoms with Crippen molar-refractivity contribution < 1.29 is 4.74 Å². The van der Waals surface area contributed by atoms with Gasteiger partial charge in [-0.05, 0) is 31.5 Å². The van der Waals surface area contributed by atoms with Gasteiger partial charge in [-0.2, -0.15) is 0 Å². The third-order valence-corrected chi connectivity index (χ3v) is 2.47. The van der Waals surface area contributed by atoms with Crippen LogP contribution >= 0.6 is 0 Å². The second-order valence-corrected chi connectivity index (χ2v) is 3.53. The molecule has 1 saturated heterocycles. The molecule has 0 spiro atoms. The minimum atomic E-state index is 0.419. The topological polar surface area (TPSA) is 33.3 Å². The molecule has 1 atom stereocenters. The van der Waals surface area contributed by atoms with Gasteiger partial charge in [-0.15, -0.1) is 0 Å². The van der Waals surface area contributed by atoms with E-state index in [-0.39, 0.29) is 0 Å². The van der Waals surface area contributed by atoms with Gasteiger partial charge in [-0.3, -0.25) is 5.32 Å². The molecule has 2 N–H and O–H groups in total. The Labute approximate surface area is 84.5 Å². The second-order valence-electron chi connectivity index (χ2n) is 3.53. The molecule has 1 unspecified atom stereocenters. The normalized spacial score (nSPS) is 20.8. The number of ether oxygens (including phenoxy) is 1. The molecule has 3 heteroatoms. The molecule has 1 aliphatic heterocycles. The first-order chi connectivity index (χ1) is 6.88. The van der Waals surface area contributed by atoms with Crippen molar-refractivity contribution in [2.24, 2.45) is 0 Å². The Morgan fingerprint density at radius 2 is 2.43 bits per heavy atom. The Morgan fingerprint density at radius 1 is 1.50 bits per heavy atom. The Bertz CT molecular complexity index is 295. The van der Waals surface area contributed by atoms with Crippen molar-refractivity contribution in [2.45, 2.75) is 19.0 Å². The second kappa shape index (κ2) is 4.33. The number of hydrogen-bond donors (Lipinski definition) is 2. The van der Waals surface area contributed by atoms with Gasteiger partial charge in [0.2, 0.25) is 0 Å². The van der Waals surface area contributed by atoms with E-state index in [0.29, 0.717) is 6.17 Å². The van der Waals surface area contributed by atoms with E-state index in [0.717, 1.165) is 18.0 Å². The van der Waals surface area contributed by atoms with Crippen molar-refractivity contribution in [3.63, 3.8) is 0 Å². The average Bonchev–Trinajstić information content (AvgIpc) is 2.71. The lowest BCUT2D eigenvalue weighted by Crippen LogP contribution is -2.29. The summed E-state index contributed by atoms with van der Waals surface area (Å²) < 4.78 is 5.16. The first-order valence-electron chi connectivity index (χ1n) is 5.02. The van der Waals surface area contributed by atoms with E-state index in [1.807, 2.05) is 18.2 Å². The highest BCUT2D eigenvalue weighted by Crippen LogP contribution is 2.18. The molecule has 76 valence electrons. The first-order valence-corrected chi connectivity index (χ1v) is 5.02. The van der Waals surface area contributed by atoms with E-state index in [4.69, 9.17) is 4.74 Å². The van der Waals surface area contributed by atoms with Crippen molar-refractivity contribution in [2.75, 3.05) is 19.0 Å². The zero-order chi connectivity index (χ0) is 9.80. The van der Waals surface area contributed by atoms with E-state index in [1.165, 1.54) is 12.8 Å². The molecule has 2 rings (SSSR count). The zero-order valence-corrected chi connectivity index (χ0v) is 8.42. The Hall–Kier alpha value is -1.22. The lowest BCUT2D eigenvalue weighted by atomic mass is 10.2. The minimum absolute atomic E-state index is 0.419. The third kappa shape index (κ3) is 2.17. The van der Waals surface area contributed by atoms with Crippen molar-refractivity contribution in [3.8, 4) is 5.75 Å². The van der Waals surface area contributed by atoms with Crippen LogP contribution in [0.15, 0.2) is 24.3 Å². The zero-order valence-electron chi connectivity index (χ0n) is 8.42. The summed E-state index contributed by atoms with van der Waals surface area (Å²) in [6.45, 7) is 1.11. The van der Waals surface area contributed by atoms with Gasteiger partial charge in [0.25, 0.3) is 0 Å². The molecule has 0 saturated carbocycles. The molecule has 1 aromatic rings. The molecule has 0 aliphatic carbocycles. The van der Waals surface area contributed by atoms with Crippen LogP contribution in [-0.4, -0.2) is 19.8 Å². The van der Waals surface area contributed by atoms with Gasteiger partial charge >= 0.3 is 0 Å². The molecular weight excluding hydrogens is 176 g/mol. The highest BCUT2D eigenvalue weighted by molar-refractivity contribution is 5.48. The summed E-state index contributed by atoms with van der Waals surface area (Å²) in [5, 5.41) is 6.82. The standard InChI is InChI=1S/C11H16N2O/c1-14-10-5-2-4-9(8-10)13-11-6-3-7-12-11/h2,4-5,8,11-13H,3,6-7H2,1H3. The quantitative estimate of drug-likeness (QED) is 0.766. The summed E-state index contributed by atoms with van der Waals surface area (Å²) in [7, 11) is 1.69. The number of benzene rings is 1. The van der Waals surface area contributed by atoms with Crippen LogP contribution in [0.3, 0.4) is 0 Å². The number of methoxy groups -OCH3 is 1. The van der Waals surface area contributed by atoms with Gasteiger partial charge in [0.05, 0.1) is 13.3 Å². The van der Waals surface area contributed by atoms with E-state index in [9.17, 15) is 0 Å². The molecular formula is C11H16N2O. The van der Waals surface area contributed by atoms with Crippen LogP contribution in [0, 0.1) is 0 Å². The van der Waals surface area contributed by atoms with Gasteiger partial charge < -0.3 is 10.1 Å². The summed E-state index contributed by atoms with van der Waals surface area (Å²) in [6.07, 6.45) is 2.86. The van der Waals surface area contributed by atoms with Gasteiger partial charge in [-0.25, -0.2) is 0 Å². The molecule has 14 heavy (non-hydrogen) atoms. The highest BCUT2D eigenvalue weighted by atomic mass is 16.5. The highest BCUT2D eigenvalue weighted by Gasteiger charge is 2.12. The van der Waals surface area contributed by atoms with Crippen molar-refractivity contribution >= 4 is 5.69 Å². The molecule has 1 aliphatic rings. The van der Waals surface area contributed by atoms with Crippen LogP contribution in [0.1, 0.15) is 12.8 Å². The number of hydrogen-bond acceptors (Lipinski definition) is 3. The summed E-state index contributed by atoms with van der Waals surface area (Å²) in [5.74, 6) is 0.896. The third-order valence-electron chi connectivity index (χ3n) is 2.47. The lowest BCUT2D eigenvalue weighted by molar-refractivity contribution is 0.415. The Kier molecular flexibility index (Phi) is 2.89. The lowest BCUT2D eigenvalue weighted by Gasteiger charge is -2.14. The SMILES string of the molecule is COc1cccc(NC2CCCN2)c1. The van der Waals surface area contributed by atoms with Gasteiger partial charge in [0.1, 0.15) is 5.75 Å². The van der Waals surface area contributed by atoms with Crippen LogP contribution in [0.25, 0.3) is 0 Å². The number of anilines is 1. The first kappa shape index (κ1) is 9.34. The Morgan fingerprint density at radius 3 is 3.14 bits per heavy atom. The fourth-order valence-electron chi connectivity index (χ4n) is 1.72. The molecule has 1 heterocycles. The van der Waals surface area contributed by atoms with Crippen LogP contribution < -0.4 is 15.4 Å². The monoisotopic (exact) mass is 192 g/mol. The van der Waals surface area contributed by atoms with E-state index >= 15 is 0 Å². The van der Waals surface area contributed by atoms with E-state index < -0.39 is 0 Å². The fourth-order valence-corrected chi connectivity index (χ4v) is 1.72. The van der Waals surface area contributed by atoms with Crippen LogP contribution in [0.5, 0.6) is 5.75 Å². The number of nitrogens with one attached hydrogen (secondary N) is 2. The minimum Gasteiger partial charge on any atom is -0.497 e. The van der Waals surface area contributed by atoms with Crippen molar-refractivity contribution in [3.05, 3.63) is 24.3 Å². The maximum atomic E-state index is 5.16. The van der Waals surface area contributed by atoms with Gasteiger partial charge in [0, 0.05) is 11.8 Å². The maximum absolute atomic E-state index is 5.16. The summed E-state index contributed by atoms with van der Waals surface area (Å²) in [4.78, 5) is 0. The van der Waals surface area contributed by atoms with Crippen molar-refractivity contribution in [1.82, 2.24) is 5.32 Å². The summed E-state index contributed by atoms with van der Waals surface area (Å²) in [6, 6.07) is 8.02. The summed E-state index contributed by atoms with van der Waals surface area (Å²) in [5.41, 5.74) is 1.11. The summed E-state index contributed by atoms with van der Waals surface area (Å²) >= 11 is 0. The molecule has 0 aromatic heterocycles. The van der Waals surface area contributed by atoms with E-state index in [1.54, 1.807) is 7.11 Å². The molecule has 1 fully saturated rings. The Balaban J connectivity index is 2.00. The van der Waals surface area contributed by atoms with Crippen LogP contribution in [-0.2, 0) is 0 Å². The molecule has 0 amide bonds. The maximum Gasteiger partial charge on any atom is 0.120 e. The molecule has 3 nitrogen and oxygen atoms in total.